The van der Waals surface area contributed by atoms with Crippen molar-refractivity contribution in [2.24, 2.45) is 11.8 Å². The number of carbonyl (C=O) groups is 8. The van der Waals surface area contributed by atoms with Crippen LogP contribution in [0.1, 0.15) is 74.1 Å². The fourth-order valence-electron chi connectivity index (χ4n) is 6.10. The monoisotopic (exact) mass is 942 g/mol. The molecular formula is C38H44B2Cl4N4O14. The molecule has 0 aliphatic carbocycles. The van der Waals surface area contributed by atoms with Gasteiger partial charge in [0, 0.05) is 10.0 Å². The van der Waals surface area contributed by atoms with Gasteiger partial charge in [-0.15, -0.1) is 0 Å². The van der Waals surface area contributed by atoms with Gasteiger partial charge in [-0.3, -0.25) is 28.8 Å². The predicted molar refractivity (Wildman–Crippen MR) is 225 cm³/mol. The molecule has 0 aromatic heterocycles. The highest BCUT2D eigenvalue weighted by atomic mass is 35.5. The molecule has 4 rings (SSSR count). The maximum absolute atomic E-state index is 13.0. The van der Waals surface area contributed by atoms with E-state index in [1.807, 2.05) is 27.7 Å². The molecule has 2 heterocycles. The topological polar surface area (TPSA) is 240 Å². The molecule has 24 heteroatoms. The van der Waals surface area contributed by atoms with Gasteiger partial charge in [-0.2, -0.15) is 0 Å². The number of ether oxygens (including phenoxy) is 2. The lowest BCUT2D eigenvalue weighted by atomic mass is 9.72. The van der Waals surface area contributed by atoms with E-state index in [4.69, 9.17) is 74.5 Å². The number of carbonyl (C=O) groups excluding carboxylic acids is 8. The van der Waals surface area contributed by atoms with Crippen molar-refractivity contribution < 1.29 is 66.4 Å². The first-order chi connectivity index (χ1) is 29.3. The highest BCUT2D eigenvalue weighted by Gasteiger charge is 2.46. The second-order valence-corrected chi connectivity index (χ2v) is 16.6. The first-order valence-corrected chi connectivity index (χ1v) is 20.9. The average molecular weight is 944 g/mol. The van der Waals surface area contributed by atoms with E-state index in [0.29, 0.717) is 0 Å². The Hall–Kier alpha value is -4.59. The fraction of sp³-hybridized carbons (Fsp3) is 0.474. The third kappa shape index (κ3) is 15.6. The van der Waals surface area contributed by atoms with Gasteiger partial charge in [0.25, 0.3) is 23.8 Å². The molecule has 62 heavy (non-hydrogen) atoms. The van der Waals surface area contributed by atoms with Gasteiger partial charge in [-0.25, -0.2) is 9.59 Å². The molecule has 0 spiro atoms. The molecule has 0 bridgehead atoms. The van der Waals surface area contributed by atoms with Gasteiger partial charge in [-0.1, -0.05) is 74.1 Å². The van der Waals surface area contributed by atoms with Crippen LogP contribution < -0.4 is 21.3 Å². The Bertz CT molecular complexity index is 1870. The fourth-order valence-corrected chi connectivity index (χ4v) is 6.85. The number of esters is 2. The zero-order chi connectivity index (χ0) is 45.7. The smallest absolute Gasteiger partial charge is 0.508 e. The molecule has 2 fully saturated rings. The van der Waals surface area contributed by atoms with Gasteiger partial charge < -0.3 is 49.4 Å². The van der Waals surface area contributed by atoms with E-state index in [0.717, 1.165) is 0 Å². The van der Waals surface area contributed by atoms with Crippen molar-refractivity contribution in [3.63, 3.8) is 0 Å². The molecule has 4 amide bonds. The molecule has 4 N–H and O–H groups in total. The summed E-state index contributed by atoms with van der Waals surface area (Å²) in [6.45, 7) is 5.45. The van der Waals surface area contributed by atoms with Crippen LogP contribution in [0, 0.1) is 11.8 Å². The zero-order valence-electron chi connectivity index (χ0n) is 34.0. The lowest BCUT2D eigenvalue weighted by Crippen LogP contribution is -2.57. The highest BCUT2D eigenvalue weighted by Crippen LogP contribution is 2.23. The summed E-state index contributed by atoms with van der Waals surface area (Å²) in [4.78, 5) is 102. The van der Waals surface area contributed by atoms with E-state index in [-0.39, 0.29) is 55.9 Å². The summed E-state index contributed by atoms with van der Waals surface area (Å²) in [5.41, 5.74) is 0.119. The predicted octanol–water partition coefficient (Wildman–Crippen LogP) is 3.33. The number of amides is 4. The number of halogens is 4. The first kappa shape index (κ1) is 50.1. The molecule has 0 unspecified atom stereocenters. The third-order valence-electron chi connectivity index (χ3n) is 8.86. The van der Waals surface area contributed by atoms with E-state index in [1.165, 1.54) is 36.4 Å². The van der Waals surface area contributed by atoms with Gasteiger partial charge in [0.05, 0.1) is 59.0 Å². The van der Waals surface area contributed by atoms with Crippen molar-refractivity contribution in [2.45, 2.75) is 77.5 Å². The Labute approximate surface area is 377 Å². The lowest BCUT2D eigenvalue weighted by molar-refractivity contribution is -0.168. The SMILES string of the molecule is CC(C)C[C@H](NC(=O)CNC(=O)c1cc(Cl)ccc1Cl)B1OC(=O)C[C@@H](C(=O)OCCOC(=O)[C@@H]2CC(=O)OB([C@H](CC(C)C)NC(=O)CNC(=O)c3cc(Cl)ccc3Cl)O2)O1. The number of hydrogen-bond donors (Lipinski definition) is 4. The summed E-state index contributed by atoms with van der Waals surface area (Å²) < 4.78 is 32.6. The molecule has 2 aliphatic heterocycles. The van der Waals surface area contributed by atoms with E-state index in [9.17, 15) is 38.4 Å². The molecule has 4 atom stereocenters. The molecule has 334 valence electrons. The van der Waals surface area contributed by atoms with E-state index >= 15 is 0 Å². The zero-order valence-corrected chi connectivity index (χ0v) is 37.0. The van der Waals surface area contributed by atoms with E-state index in [2.05, 4.69) is 21.3 Å². The van der Waals surface area contributed by atoms with Crippen LogP contribution in [0.5, 0.6) is 0 Å². The second kappa shape index (κ2) is 23.7. The molecule has 2 aliphatic rings. The van der Waals surface area contributed by atoms with Crippen molar-refractivity contribution in [1.82, 2.24) is 21.3 Å². The molecule has 0 radical (unpaired) electrons. The van der Waals surface area contributed by atoms with Crippen molar-refractivity contribution in [3.8, 4) is 0 Å². The summed E-state index contributed by atoms with van der Waals surface area (Å²) in [5.74, 6) is -8.17. The Morgan fingerprint density at radius 1 is 0.645 bits per heavy atom. The largest absolute Gasteiger partial charge is 0.551 e. The second-order valence-electron chi connectivity index (χ2n) is 14.9. The van der Waals surface area contributed by atoms with Crippen LogP contribution in [-0.4, -0.2) is 112 Å². The van der Waals surface area contributed by atoms with Crippen LogP contribution >= 0.6 is 46.4 Å². The number of nitrogens with one attached hydrogen (secondary N) is 4. The van der Waals surface area contributed by atoms with Crippen molar-refractivity contribution in [2.75, 3.05) is 26.3 Å². The Morgan fingerprint density at radius 3 is 1.37 bits per heavy atom. The van der Waals surface area contributed by atoms with Crippen LogP contribution in [0.15, 0.2) is 36.4 Å². The minimum absolute atomic E-state index is 0.0460. The minimum atomic E-state index is -1.44. The van der Waals surface area contributed by atoms with Gasteiger partial charge in [0.1, 0.15) is 13.2 Å². The normalized spacial score (nSPS) is 17.3. The maximum atomic E-state index is 13.0. The van der Waals surface area contributed by atoms with Crippen molar-refractivity contribution in [3.05, 3.63) is 67.6 Å². The summed E-state index contributed by atoms with van der Waals surface area (Å²) in [6, 6.07) is 8.57. The number of hydrogen-bond acceptors (Lipinski definition) is 14. The molecule has 18 nitrogen and oxygen atoms in total. The quantitative estimate of drug-likeness (QED) is 0.0898. The Morgan fingerprint density at radius 2 is 1.02 bits per heavy atom. The van der Waals surface area contributed by atoms with Crippen molar-refractivity contribution in [1.29, 1.82) is 0 Å². The molecular weight excluding hydrogens is 900 g/mol. The highest BCUT2D eigenvalue weighted by molar-refractivity contribution is 6.50. The van der Waals surface area contributed by atoms with Crippen LogP contribution in [0.3, 0.4) is 0 Å². The van der Waals surface area contributed by atoms with Gasteiger partial charge in [0.15, 0.2) is 12.2 Å². The maximum Gasteiger partial charge on any atom is 0.551 e. The van der Waals surface area contributed by atoms with Gasteiger partial charge in [0.2, 0.25) is 11.8 Å². The summed E-state index contributed by atoms with van der Waals surface area (Å²) in [5, 5.41) is 11.0. The van der Waals surface area contributed by atoms with Crippen LogP contribution in [0.2, 0.25) is 20.1 Å². The molecule has 2 aromatic carbocycles. The Kier molecular flexibility index (Phi) is 19.2. The van der Waals surface area contributed by atoms with Crippen LogP contribution in [0.4, 0.5) is 0 Å². The Balaban J connectivity index is 1.26. The summed E-state index contributed by atoms with van der Waals surface area (Å²) in [7, 11) is -2.80. The van der Waals surface area contributed by atoms with Crippen LogP contribution in [0.25, 0.3) is 0 Å². The summed E-state index contributed by atoms with van der Waals surface area (Å²) >= 11 is 24.1. The summed E-state index contributed by atoms with van der Waals surface area (Å²) in [6.07, 6.45) is -3.41. The van der Waals surface area contributed by atoms with E-state index in [1.54, 1.807) is 0 Å². The van der Waals surface area contributed by atoms with Gasteiger partial charge in [-0.05, 0) is 61.1 Å². The molecule has 2 saturated heterocycles. The average Bonchev–Trinajstić information content (AvgIpc) is 3.20. The molecule has 0 saturated carbocycles. The van der Waals surface area contributed by atoms with E-state index < -0.39 is 125 Å². The lowest BCUT2D eigenvalue weighted by Gasteiger charge is -2.32. The first-order valence-electron chi connectivity index (χ1n) is 19.4. The van der Waals surface area contributed by atoms with Crippen LogP contribution in [-0.2, 0) is 56.9 Å². The van der Waals surface area contributed by atoms with Gasteiger partial charge >= 0.3 is 26.2 Å². The minimum Gasteiger partial charge on any atom is -0.508 e. The standard InChI is InChI=1S/C38H44B2Cl4N4O14/c1-19(2)11-29(47-31(49)17-45-35(53)23-13-21(41)5-7-25(23)43)39-59-27(15-33(51)61-39)37(55)57-9-10-58-38(56)28-16-34(52)62-40(60-28)30(12-20(3)4)48-32(50)18-46-36(54)24-14-22(42)6-8-26(24)44/h5-8,13-14,19-20,27-30H,9-12,15-18H2,1-4H3,(H,45,53)(H,46,54)(H,47,49)(H,48,50)/t27-,28-,29-,30-/m0/s1. The molecule has 2 aromatic rings. The van der Waals surface area contributed by atoms with Crippen molar-refractivity contribution >= 4 is 108 Å². The number of rotatable bonds is 19. The number of benzene rings is 2. The third-order valence-corrected chi connectivity index (χ3v) is 9.99.